The number of thioether (sulfide) groups is 1. The first-order chi connectivity index (χ1) is 6.15. The van der Waals surface area contributed by atoms with Gasteiger partial charge in [-0.25, -0.2) is 0 Å². The molecule has 0 heterocycles. The first-order valence-electron chi connectivity index (χ1n) is 4.25. The van der Waals surface area contributed by atoms with Crippen molar-refractivity contribution in [1.82, 2.24) is 0 Å². The Kier molecular flexibility index (Phi) is 3.63. The second kappa shape index (κ2) is 4.53. The normalized spacial score (nSPS) is 12.8. The van der Waals surface area contributed by atoms with Gasteiger partial charge in [0.2, 0.25) is 0 Å². The molecule has 1 unspecified atom stereocenters. The zero-order valence-corrected chi connectivity index (χ0v) is 8.77. The number of phenols is 1. The van der Waals surface area contributed by atoms with E-state index >= 15 is 0 Å². The van der Waals surface area contributed by atoms with Crippen LogP contribution in [-0.2, 0) is 6.42 Å². The lowest BCUT2D eigenvalue weighted by atomic mass is 10.1. The Morgan fingerprint density at radius 2 is 2.23 bits per heavy atom. The van der Waals surface area contributed by atoms with Crippen molar-refractivity contribution in [3.8, 4) is 5.75 Å². The summed E-state index contributed by atoms with van der Waals surface area (Å²) in [7, 11) is 0. The van der Waals surface area contributed by atoms with Crippen LogP contribution in [-0.4, -0.2) is 17.4 Å². The van der Waals surface area contributed by atoms with Crippen LogP contribution in [0.3, 0.4) is 0 Å². The number of benzene rings is 1. The second-order valence-electron chi connectivity index (χ2n) is 3.15. The van der Waals surface area contributed by atoms with Gasteiger partial charge in [0.05, 0.1) is 4.90 Å². The molecule has 0 fully saturated rings. The SMILES string of the molecule is CSc1c(O)cccc1CC(C)N. The standard InChI is InChI=1S/C10H15NOS/c1-7(11)6-8-4-3-5-9(12)10(8)13-2/h3-5,7,12H,6,11H2,1-2H3. The number of aromatic hydroxyl groups is 1. The third-order valence-electron chi connectivity index (χ3n) is 1.82. The fraction of sp³-hybridized carbons (Fsp3) is 0.400. The number of phenolic OH excluding ortho intramolecular Hbond substituents is 1. The Balaban J connectivity index is 2.98. The van der Waals surface area contributed by atoms with Crippen molar-refractivity contribution in [2.24, 2.45) is 5.73 Å². The van der Waals surface area contributed by atoms with E-state index in [0.29, 0.717) is 5.75 Å². The number of hydrogen-bond donors (Lipinski definition) is 2. The highest BCUT2D eigenvalue weighted by atomic mass is 32.2. The van der Waals surface area contributed by atoms with Gasteiger partial charge in [-0.2, -0.15) is 0 Å². The molecule has 1 aromatic rings. The van der Waals surface area contributed by atoms with Crippen molar-refractivity contribution in [2.45, 2.75) is 24.3 Å². The minimum Gasteiger partial charge on any atom is -0.507 e. The molecule has 2 nitrogen and oxygen atoms in total. The van der Waals surface area contributed by atoms with Crippen LogP contribution in [0.1, 0.15) is 12.5 Å². The van der Waals surface area contributed by atoms with E-state index < -0.39 is 0 Å². The average molecular weight is 197 g/mol. The fourth-order valence-corrected chi connectivity index (χ4v) is 2.01. The molecule has 3 N–H and O–H groups in total. The Bertz CT molecular complexity index is 286. The molecule has 0 aliphatic rings. The average Bonchev–Trinajstić information content (AvgIpc) is 2.03. The highest BCUT2D eigenvalue weighted by molar-refractivity contribution is 7.98. The maximum Gasteiger partial charge on any atom is 0.129 e. The van der Waals surface area contributed by atoms with E-state index in [9.17, 15) is 5.11 Å². The van der Waals surface area contributed by atoms with Gasteiger partial charge >= 0.3 is 0 Å². The number of nitrogens with two attached hydrogens (primary N) is 1. The van der Waals surface area contributed by atoms with Crippen LogP contribution >= 0.6 is 11.8 Å². The smallest absolute Gasteiger partial charge is 0.129 e. The van der Waals surface area contributed by atoms with Gasteiger partial charge in [0.25, 0.3) is 0 Å². The van der Waals surface area contributed by atoms with Crippen LogP contribution in [0.4, 0.5) is 0 Å². The topological polar surface area (TPSA) is 46.2 Å². The summed E-state index contributed by atoms with van der Waals surface area (Å²) >= 11 is 1.56. The molecule has 0 saturated carbocycles. The van der Waals surface area contributed by atoms with E-state index in [1.807, 2.05) is 25.3 Å². The Labute approximate surface area is 83.1 Å². The zero-order valence-electron chi connectivity index (χ0n) is 7.95. The van der Waals surface area contributed by atoms with Crippen LogP contribution < -0.4 is 5.73 Å². The van der Waals surface area contributed by atoms with E-state index in [1.54, 1.807) is 17.8 Å². The van der Waals surface area contributed by atoms with E-state index in [-0.39, 0.29) is 6.04 Å². The van der Waals surface area contributed by atoms with Crippen molar-refractivity contribution in [3.05, 3.63) is 23.8 Å². The highest BCUT2D eigenvalue weighted by Gasteiger charge is 2.07. The Morgan fingerprint density at radius 3 is 2.77 bits per heavy atom. The van der Waals surface area contributed by atoms with Gasteiger partial charge in [-0.3, -0.25) is 0 Å². The molecular formula is C10H15NOS. The van der Waals surface area contributed by atoms with Gasteiger partial charge in [0.15, 0.2) is 0 Å². The quantitative estimate of drug-likeness (QED) is 0.729. The van der Waals surface area contributed by atoms with Crippen molar-refractivity contribution < 1.29 is 5.11 Å². The molecule has 0 amide bonds. The van der Waals surface area contributed by atoms with Crippen LogP contribution in [0.5, 0.6) is 5.75 Å². The highest BCUT2D eigenvalue weighted by Crippen LogP contribution is 2.30. The molecular weight excluding hydrogens is 182 g/mol. The van der Waals surface area contributed by atoms with Crippen LogP contribution in [0.25, 0.3) is 0 Å². The first kappa shape index (κ1) is 10.4. The van der Waals surface area contributed by atoms with Crippen LogP contribution in [0, 0.1) is 0 Å². The predicted octanol–water partition coefficient (Wildman–Crippen LogP) is 2.00. The van der Waals surface area contributed by atoms with E-state index in [2.05, 4.69) is 0 Å². The molecule has 0 radical (unpaired) electrons. The molecule has 72 valence electrons. The van der Waals surface area contributed by atoms with Crippen molar-refractivity contribution in [3.63, 3.8) is 0 Å². The van der Waals surface area contributed by atoms with E-state index in [0.717, 1.165) is 16.9 Å². The van der Waals surface area contributed by atoms with Gasteiger partial charge in [0, 0.05) is 6.04 Å². The number of rotatable bonds is 3. The molecule has 1 atom stereocenters. The summed E-state index contributed by atoms with van der Waals surface area (Å²) < 4.78 is 0. The van der Waals surface area contributed by atoms with Gasteiger partial charge in [-0.05, 0) is 31.2 Å². The van der Waals surface area contributed by atoms with Crippen LogP contribution in [0.15, 0.2) is 23.1 Å². The van der Waals surface area contributed by atoms with Gasteiger partial charge < -0.3 is 10.8 Å². The summed E-state index contributed by atoms with van der Waals surface area (Å²) in [5.74, 6) is 0.352. The summed E-state index contributed by atoms with van der Waals surface area (Å²) in [4.78, 5) is 0.944. The third kappa shape index (κ3) is 2.64. The van der Waals surface area contributed by atoms with Crippen molar-refractivity contribution in [1.29, 1.82) is 0 Å². The number of hydrogen-bond acceptors (Lipinski definition) is 3. The lowest BCUT2D eigenvalue weighted by Gasteiger charge is -2.10. The fourth-order valence-electron chi connectivity index (χ4n) is 1.31. The summed E-state index contributed by atoms with van der Waals surface area (Å²) in [5.41, 5.74) is 6.83. The molecule has 0 saturated heterocycles. The maximum absolute atomic E-state index is 9.54. The molecule has 13 heavy (non-hydrogen) atoms. The lowest BCUT2D eigenvalue weighted by Crippen LogP contribution is -2.18. The van der Waals surface area contributed by atoms with Crippen molar-refractivity contribution >= 4 is 11.8 Å². The summed E-state index contributed by atoms with van der Waals surface area (Å²) in [6.45, 7) is 1.97. The molecule has 0 aliphatic carbocycles. The third-order valence-corrected chi connectivity index (χ3v) is 2.70. The first-order valence-corrected chi connectivity index (χ1v) is 5.48. The zero-order chi connectivity index (χ0) is 9.84. The molecule has 0 bridgehead atoms. The Hall–Kier alpha value is -0.670. The lowest BCUT2D eigenvalue weighted by molar-refractivity contribution is 0.460. The minimum atomic E-state index is 0.132. The van der Waals surface area contributed by atoms with Crippen LogP contribution in [0.2, 0.25) is 0 Å². The predicted molar refractivity (Wildman–Crippen MR) is 57.2 cm³/mol. The molecule has 1 aromatic carbocycles. The van der Waals surface area contributed by atoms with Gasteiger partial charge in [0.1, 0.15) is 5.75 Å². The maximum atomic E-state index is 9.54. The van der Waals surface area contributed by atoms with Crippen molar-refractivity contribution in [2.75, 3.05) is 6.26 Å². The molecule has 0 aliphatic heterocycles. The largest absolute Gasteiger partial charge is 0.507 e. The Morgan fingerprint density at radius 1 is 1.54 bits per heavy atom. The molecule has 0 spiro atoms. The van der Waals surface area contributed by atoms with E-state index in [4.69, 9.17) is 5.73 Å². The van der Waals surface area contributed by atoms with Gasteiger partial charge in [-0.1, -0.05) is 12.1 Å². The summed E-state index contributed by atoms with van der Waals surface area (Å²) in [5, 5.41) is 9.54. The molecule has 3 heteroatoms. The minimum absolute atomic E-state index is 0.132. The summed E-state index contributed by atoms with van der Waals surface area (Å²) in [6, 6.07) is 5.70. The summed E-state index contributed by atoms with van der Waals surface area (Å²) in [6.07, 6.45) is 2.77. The van der Waals surface area contributed by atoms with E-state index in [1.165, 1.54) is 0 Å². The molecule has 1 rings (SSSR count). The monoisotopic (exact) mass is 197 g/mol. The second-order valence-corrected chi connectivity index (χ2v) is 3.97. The van der Waals surface area contributed by atoms with Gasteiger partial charge in [-0.15, -0.1) is 11.8 Å². The molecule has 0 aromatic heterocycles.